The van der Waals surface area contributed by atoms with Crippen molar-refractivity contribution in [3.8, 4) is 6.07 Å². The highest BCUT2D eigenvalue weighted by atomic mass is 16.1. The number of H-pyrrole nitrogens is 1. The van der Waals surface area contributed by atoms with Crippen LogP contribution in [0.4, 0.5) is 0 Å². The van der Waals surface area contributed by atoms with Gasteiger partial charge in [-0.15, -0.1) is 0 Å². The van der Waals surface area contributed by atoms with E-state index in [-0.39, 0.29) is 12.0 Å². The first-order valence-corrected chi connectivity index (χ1v) is 4.92. The number of aryl methyl sites for hydroxylation is 2. The van der Waals surface area contributed by atoms with Crippen LogP contribution in [0.25, 0.3) is 0 Å². The largest absolute Gasteiger partial charge is 0.326 e. The molecule has 3 nitrogen and oxygen atoms in total. The number of hydrogen-bond donors (Lipinski definition) is 1. The van der Waals surface area contributed by atoms with E-state index in [4.69, 9.17) is 5.26 Å². The Balaban J connectivity index is 2.47. The fraction of sp³-hybridized carbons (Fsp3) is 0.455. The molecule has 1 aliphatic rings. The van der Waals surface area contributed by atoms with Crippen LogP contribution >= 0.6 is 0 Å². The lowest BCUT2D eigenvalue weighted by Gasteiger charge is -2.15. The molecule has 0 aliphatic heterocycles. The Morgan fingerprint density at radius 2 is 2.21 bits per heavy atom. The van der Waals surface area contributed by atoms with Crippen LogP contribution in [0.2, 0.25) is 0 Å². The third-order valence-corrected chi connectivity index (χ3v) is 2.68. The van der Waals surface area contributed by atoms with Crippen molar-refractivity contribution in [3.63, 3.8) is 0 Å². The van der Waals surface area contributed by atoms with Gasteiger partial charge < -0.3 is 4.98 Å². The van der Waals surface area contributed by atoms with Gasteiger partial charge in [-0.05, 0) is 37.3 Å². The molecule has 0 saturated heterocycles. The molecule has 1 aromatic rings. The minimum atomic E-state index is -0.0906. The van der Waals surface area contributed by atoms with Gasteiger partial charge in [0.05, 0.1) is 12.5 Å². The molecular formula is C11H12N2O. The van der Waals surface area contributed by atoms with Gasteiger partial charge in [-0.25, -0.2) is 0 Å². The van der Waals surface area contributed by atoms with Crippen molar-refractivity contribution in [2.24, 2.45) is 0 Å². The Kier molecular flexibility index (Phi) is 2.36. The standard InChI is InChI=1S/C11H12N2O/c12-6-5-9-7-8-3-1-2-4-10(8)13-11(9)14/h7H,1-5H2,(H,13,14). The van der Waals surface area contributed by atoms with E-state index in [1.54, 1.807) is 0 Å². The smallest absolute Gasteiger partial charge is 0.252 e. The summed E-state index contributed by atoms with van der Waals surface area (Å²) in [4.78, 5) is 14.3. The highest BCUT2D eigenvalue weighted by molar-refractivity contribution is 5.28. The van der Waals surface area contributed by atoms with Gasteiger partial charge in [0.2, 0.25) is 0 Å². The maximum atomic E-state index is 11.5. The van der Waals surface area contributed by atoms with E-state index in [2.05, 4.69) is 4.98 Å². The zero-order chi connectivity index (χ0) is 9.97. The highest BCUT2D eigenvalue weighted by Gasteiger charge is 2.12. The van der Waals surface area contributed by atoms with Crippen LogP contribution in [0.3, 0.4) is 0 Å². The normalized spacial score (nSPS) is 14.5. The number of nitrogens with one attached hydrogen (secondary N) is 1. The van der Waals surface area contributed by atoms with E-state index < -0.39 is 0 Å². The summed E-state index contributed by atoms with van der Waals surface area (Å²) in [6.07, 6.45) is 4.55. The summed E-state index contributed by atoms with van der Waals surface area (Å²) in [7, 11) is 0. The fourth-order valence-corrected chi connectivity index (χ4v) is 1.94. The molecule has 0 radical (unpaired) electrons. The molecular weight excluding hydrogens is 176 g/mol. The van der Waals surface area contributed by atoms with Gasteiger partial charge in [-0.1, -0.05) is 0 Å². The second-order valence-electron chi connectivity index (χ2n) is 3.67. The van der Waals surface area contributed by atoms with E-state index in [0.29, 0.717) is 5.56 Å². The van der Waals surface area contributed by atoms with Crippen LogP contribution in [0.5, 0.6) is 0 Å². The second kappa shape index (κ2) is 3.67. The molecule has 1 heterocycles. The first-order chi connectivity index (χ1) is 6.81. The molecule has 1 aromatic heterocycles. The van der Waals surface area contributed by atoms with Crippen molar-refractivity contribution in [3.05, 3.63) is 33.2 Å². The Hall–Kier alpha value is -1.56. The number of pyridine rings is 1. The van der Waals surface area contributed by atoms with Gasteiger partial charge in [-0.3, -0.25) is 4.79 Å². The molecule has 0 unspecified atom stereocenters. The summed E-state index contributed by atoms with van der Waals surface area (Å²) < 4.78 is 0. The lowest BCUT2D eigenvalue weighted by Crippen LogP contribution is -2.18. The summed E-state index contributed by atoms with van der Waals surface area (Å²) in [5, 5.41) is 8.55. The minimum Gasteiger partial charge on any atom is -0.326 e. The van der Waals surface area contributed by atoms with Crippen molar-refractivity contribution < 1.29 is 0 Å². The zero-order valence-corrected chi connectivity index (χ0v) is 7.97. The van der Waals surface area contributed by atoms with Gasteiger partial charge >= 0.3 is 0 Å². The van der Waals surface area contributed by atoms with Crippen LogP contribution < -0.4 is 5.56 Å². The quantitative estimate of drug-likeness (QED) is 0.722. The number of nitrogens with zero attached hydrogens (tertiary/aromatic N) is 1. The summed E-state index contributed by atoms with van der Waals surface area (Å²) in [5.41, 5.74) is 2.81. The van der Waals surface area contributed by atoms with E-state index >= 15 is 0 Å². The highest BCUT2D eigenvalue weighted by Crippen LogP contribution is 2.18. The van der Waals surface area contributed by atoms with E-state index in [0.717, 1.165) is 25.0 Å². The molecule has 1 aliphatic carbocycles. The topological polar surface area (TPSA) is 56.6 Å². The lowest BCUT2D eigenvalue weighted by atomic mass is 9.94. The third-order valence-electron chi connectivity index (χ3n) is 2.68. The van der Waals surface area contributed by atoms with Crippen LogP contribution in [-0.2, 0) is 19.3 Å². The van der Waals surface area contributed by atoms with Crippen molar-refractivity contribution in [1.82, 2.24) is 4.98 Å². The number of aromatic amines is 1. The monoisotopic (exact) mass is 188 g/mol. The van der Waals surface area contributed by atoms with E-state index in [1.165, 1.54) is 12.0 Å². The molecule has 3 heteroatoms. The van der Waals surface area contributed by atoms with Crippen LogP contribution in [0.1, 0.15) is 29.7 Å². The van der Waals surface area contributed by atoms with Gasteiger partial charge in [0.1, 0.15) is 0 Å². The Morgan fingerprint density at radius 3 is 3.00 bits per heavy atom. The van der Waals surface area contributed by atoms with Crippen molar-refractivity contribution in [2.45, 2.75) is 32.1 Å². The molecule has 72 valence electrons. The van der Waals surface area contributed by atoms with Crippen LogP contribution in [-0.4, -0.2) is 4.98 Å². The molecule has 0 fully saturated rings. The summed E-state index contributed by atoms with van der Waals surface area (Å²) in [6.45, 7) is 0. The molecule has 0 aromatic carbocycles. The maximum Gasteiger partial charge on any atom is 0.252 e. The number of rotatable bonds is 1. The van der Waals surface area contributed by atoms with Gasteiger partial charge in [0.15, 0.2) is 0 Å². The number of fused-ring (bicyclic) bond motifs is 1. The molecule has 0 amide bonds. The average molecular weight is 188 g/mol. The lowest BCUT2D eigenvalue weighted by molar-refractivity contribution is 0.663. The Morgan fingerprint density at radius 1 is 1.43 bits per heavy atom. The molecule has 2 rings (SSSR count). The molecule has 14 heavy (non-hydrogen) atoms. The average Bonchev–Trinajstić information content (AvgIpc) is 2.19. The zero-order valence-electron chi connectivity index (χ0n) is 7.97. The van der Waals surface area contributed by atoms with Gasteiger partial charge in [0.25, 0.3) is 5.56 Å². The van der Waals surface area contributed by atoms with E-state index in [9.17, 15) is 4.79 Å². The predicted octanol–water partition coefficient (Wildman–Crippen LogP) is 1.32. The first-order valence-electron chi connectivity index (χ1n) is 4.92. The Bertz CT molecular complexity index is 440. The van der Waals surface area contributed by atoms with Crippen LogP contribution in [0.15, 0.2) is 10.9 Å². The number of aromatic nitrogens is 1. The minimum absolute atomic E-state index is 0.0906. The first kappa shape index (κ1) is 9.01. The molecule has 1 N–H and O–H groups in total. The molecule has 0 atom stereocenters. The van der Waals surface area contributed by atoms with Gasteiger partial charge in [-0.2, -0.15) is 5.26 Å². The third kappa shape index (κ3) is 1.56. The Labute approximate surface area is 82.4 Å². The van der Waals surface area contributed by atoms with Gasteiger partial charge in [0, 0.05) is 11.3 Å². The number of hydrogen-bond acceptors (Lipinski definition) is 2. The van der Waals surface area contributed by atoms with Crippen molar-refractivity contribution in [2.75, 3.05) is 0 Å². The fourth-order valence-electron chi connectivity index (χ4n) is 1.94. The molecule has 0 bridgehead atoms. The maximum absolute atomic E-state index is 11.5. The molecule has 0 saturated carbocycles. The van der Waals surface area contributed by atoms with E-state index in [1.807, 2.05) is 12.1 Å². The number of nitriles is 1. The van der Waals surface area contributed by atoms with Crippen molar-refractivity contribution >= 4 is 0 Å². The SMILES string of the molecule is N#CCc1cc2c([nH]c1=O)CCCC2. The van der Waals surface area contributed by atoms with Crippen molar-refractivity contribution in [1.29, 1.82) is 5.26 Å². The summed E-state index contributed by atoms with van der Waals surface area (Å²) in [6, 6.07) is 3.91. The summed E-state index contributed by atoms with van der Waals surface area (Å²) >= 11 is 0. The second-order valence-corrected chi connectivity index (χ2v) is 3.67. The predicted molar refractivity (Wildman–Crippen MR) is 53.0 cm³/mol. The van der Waals surface area contributed by atoms with Crippen LogP contribution in [0, 0.1) is 11.3 Å². The summed E-state index contributed by atoms with van der Waals surface area (Å²) in [5.74, 6) is 0. The molecule has 0 spiro atoms.